The van der Waals surface area contributed by atoms with Gasteiger partial charge in [0.05, 0.1) is 9.85 Å². The van der Waals surface area contributed by atoms with Crippen molar-refractivity contribution in [3.05, 3.63) is 116 Å². The summed E-state index contributed by atoms with van der Waals surface area (Å²) in [5, 5.41) is 32.4. The first-order valence-electron chi connectivity index (χ1n) is 12.0. The summed E-state index contributed by atoms with van der Waals surface area (Å²) >= 11 is 0. The Morgan fingerprint density at radius 2 is 0.900 bits per heavy atom. The maximum absolute atomic E-state index is 12.4. The topological polar surface area (TPSA) is 169 Å². The van der Waals surface area contributed by atoms with Gasteiger partial charge in [-0.05, 0) is 84.6 Å². The lowest BCUT2D eigenvalue weighted by molar-refractivity contribution is -0.385. The minimum atomic E-state index is -0.512. The monoisotopic (exact) mass is 540 g/mol. The Morgan fingerprint density at radius 1 is 0.550 bits per heavy atom. The lowest BCUT2D eigenvalue weighted by Crippen LogP contribution is -2.20. The minimum Gasteiger partial charge on any atom is -0.308 e. The molecule has 4 aromatic carbocycles. The average Bonchev–Trinajstić information content (AvgIpc) is 2.91. The van der Waals surface area contributed by atoms with Crippen molar-refractivity contribution in [1.82, 2.24) is 0 Å². The zero-order chi connectivity index (χ0) is 28.8. The molecule has 0 heterocycles. The fourth-order valence-corrected chi connectivity index (χ4v) is 3.87. The first-order chi connectivity index (χ1) is 19.1. The molecule has 0 aliphatic carbocycles. The van der Waals surface area contributed by atoms with Gasteiger partial charge in [-0.2, -0.15) is 0 Å². The Balaban J connectivity index is 1.38. The molecule has 4 rings (SSSR count). The van der Waals surface area contributed by atoms with Crippen LogP contribution < -0.4 is 21.3 Å². The summed E-state index contributed by atoms with van der Waals surface area (Å²) in [7, 11) is 0. The number of carbonyl (C=O) groups excluding carboxylic acids is 2. The van der Waals surface area contributed by atoms with Crippen molar-refractivity contribution in [3.63, 3.8) is 0 Å². The number of hydrogen-bond donors (Lipinski definition) is 4. The fraction of sp³-hybridized carbons (Fsp3) is 0.0714. The summed E-state index contributed by atoms with van der Waals surface area (Å²) < 4.78 is 0. The number of nitro benzene ring substituents is 2. The number of benzene rings is 4. The van der Waals surface area contributed by atoms with Crippen LogP contribution in [0.15, 0.2) is 84.9 Å². The SMILES string of the molecule is Cc1cc(-c2ccc(NC(=O)Nc3ccc([N+](=O)[O-])cc3)c(C)c2)ccc1NC(=O)Nc1ccc([N+](=O)[O-])cc1. The van der Waals surface area contributed by atoms with Crippen LogP contribution in [-0.2, 0) is 0 Å². The van der Waals surface area contributed by atoms with Gasteiger partial charge in [-0.1, -0.05) is 12.1 Å². The van der Waals surface area contributed by atoms with Crippen molar-refractivity contribution in [2.45, 2.75) is 13.8 Å². The summed E-state index contributed by atoms with van der Waals surface area (Å²) in [6, 6.07) is 21.2. The van der Waals surface area contributed by atoms with E-state index >= 15 is 0 Å². The predicted octanol–water partition coefficient (Wildman–Crippen LogP) is 7.07. The zero-order valence-electron chi connectivity index (χ0n) is 21.4. The third-order valence-electron chi connectivity index (χ3n) is 5.95. The van der Waals surface area contributed by atoms with E-state index in [1.54, 1.807) is 12.1 Å². The Bertz CT molecular complexity index is 1480. The second-order valence-electron chi connectivity index (χ2n) is 8.83. The van der Waals surface area contributed by atoms with Crippen molar-refractivity contribution in [2.24, 2.45) is 0 Å². The molecule has 0 aliphatic rings. The number of rotatable bonds is 7. The molecule has 0 aromatic heterocycles. The summed E-state index contributed by atoms with van der Waals surface area (Å²) in [5.74, 6) is 0. The largest absolute Gasteiger partial charge is 0.323 e. The van der Waals surface area contributed by atoms with Gasteiger partial charge in [0.1, 0.15) is 0 Å². The maximum atomic E-state index is 12.4. The van der Waals surface area contributed by atoms with E-state index in [4.69, 9.17) is 0 Å². The molecule has 0 radical (unpaired) electrons. The van der Waals surface area contributed by atoms with Crippen LogP contribution in [0.3, 0.4) is 0 Å². The third-order valence-corrected chi connectivity index (χ3v) is 5.95. The van der Waals surface area contributed by atoms with E-state index in [0.29, 0.717) is 22.7 Å². The molecule has 0 aliphatic heterocycles. The molecule has 4 amide bonds. The standard InChI is InChI=1S/C28H24N6O6/c1-17-15-19(3-13-25(17)31-27(35)29-21-5-9-23(10-6-21)33(37)38)20-4-14-26(18(2)16-20)32-28(36)30-22-7-11-24(12-8-22)34(39)40/h3-16H,1-2H3,(H2,29,31,35)(H2,30,32,36). The summed E-state index contributed by atoms with van der Waals surface area (Å²) in [5.41, 5.74) is 5.35. The van der Waals surface area contributed by atoms with Gasteiger partial charge in [0, 0.05) is 47.0 Å². The Hall–Kier alpha value is -5.78. The number of nitro groups is 2. The highest BCUT2D eigenvalue weighted by Crippen LogP contribution is 2.28. The number of carbonyl (C=O) groups is 2. The van der Waals surface area contributed by atoms with Crippen molar-refractivity contribution in [3.8, 4) is 11.1 Å². The van der Waals surface area contributed by atoms with Crippen LogP contribution in [0.2, 0.25) is 0 Å². The number of non-ortho nitro benzene ring substituents is 2. The number of nitrogens with zero attached hydrogens (tertiary/aromatic N) is 2. The van der Waals surface area contributed by atoms with Crippen LogP contribution >= 0.6 is 0 Å². The molecule has 0 saturated carbocycles. The van der Waals surface area contributed by atoms with E-state index in [1.165, 1.54) is 48.5 Å². The normalized spacial score (nSPS) is 10.3. The quantitative estimate of drug-likeness (QED) is 0.144. The van der Waals surface area contributed by atoms with E-state index < -0.39 is 21.9 Å². The highest BCUT2D eigenvalue weighted by Gasteiger charge is 2.11. The van der Waals surface area contributed by atoms with Crippen LogP contribution in [-0.4, -0.2) is 21.9 Å². The summed E-state index contributed by atoms with van der Waals surface area (Å²) in [6.45, 7) is 3.71. The number of anilines is 4. The van der Waals surface area contributed by atoms with Gasteiger partial charge in [-0.3, -0.25) is 20.2 Å². The van der Waals surface area contributed by atoms with E-state index in [-0.39, 0.29) is 11.4 Å². The fourth-order valence-electron chi connectivity index (χ4n) is 3.87. The van der Waals surface area contributed by atoms with Crippen LogP contribution in [0.25, 0.3) is 11.1 Å². The van der Waals surface area contributed by atoms with Crippen molar-refractivity contribution >= 4 is 46.2 Å². The minimum absolute atomic E-state index is 0.0676. The number of amides is 4. The van der Waals surface area contributed by atoms with E-state index in [2.05, 4.69) is 21.3 Å². The van der Waals surface area contributed by atoms with Crippen molar-refractivity contribution < 1.29 is 19.4 Å². The number of urea groups is 2. The molecule has 202 valence electrons. The van der Waals surface area contributed by atoms with Gasteiger partial charge >= 0.3 is 12.1 Å². The van der Waals surface area contributed by atoms with Crippen LogP contribution in [0.4, 0.5) is 43.7 Å². The molecule has 0 spiro atoms. The average molecular weight is 541 g/mol. The van der Waals surface area contributed by atoms with Gasteiger partial charge in [-0.25, -0.2) is 9.59 Å². The van der Waals surface area contributed by atoms with E-state index in [1.807, 2.05) is 38.1 Å². The van der Waals surface area contributed by atoms with Gasteiger partial charge in [0.2, 0.25) is 0 Å². The molecule has 12 nitrogen and oxygen atoms in total. The number of nitrogens with one attached hydrogen (secondary N) is 4. The maximum Gasteiger partial charge on any atom is 0.323 e. The number of aryl methyl sites for hydroxylation is 2. The molecule has 0 unspecified atom stereocenters. The number of hydrogen-bond acceptors (Lipinski definition) is 6. The van der Waals surface area contributed by atoms with Gasteiger partial charge in [-0.15, -0.1) is 0 Å². The molecule has 0 saturated heterocycles. The van der Waals surface area contributed by atoms with E-state index in [9.17, 15) is 29.8 Å². The van der Waals surface area contributed by atoms with Crippen molar-refractivity contribution in [2.75, 3.05) is 21.3 Å². The Morgan fingerprint density at radius 3 is 1.20 bits per heavy atom. The van der Waals surface area contributed by atoms with E-state index in [0.717, 1.165) is 22.3 Å². The molecule has 4 N–H and O–H groups in total. The third kappa shape index (κ3) is 6.75. The van der Waals surface area contributed by atoms with Crippen molar-refractivity contribution in [1.29, 1.82) is 0 Å². The first-order valence-corrected chi connectivity index (χ1v) is 12.0. The second-order valence-corrected chi connectivity index (χ2v) is 8.83. The summed E-state index contributed by atoms with van der Waals surface area (Å²) in [6.07, 6.45) is 0. The zero-order valence-corrected chi connectivity index (χ0v) is 21.4. The molecule has 0 bridgehead atoms. The Kier molecular flexibility index (Phi) is 7.99. The molecule has 0 atom stereocenters. The molecular formula is C28H24N6O6. The van der Waals surface area contributed by atoms with Crippen LogP contribution in [0.5, 0.6) is 0 Å². The molecule has 4 aromatic rings. The highest BCUT2D eigenvalue weighted by molar-refractivity contribution is 6.01. The lowest BCUT2D eigenvalue weighted by atomic mass is 10.00. The van der Waals surface area contributed by atoms with Gasteiger partial charge < -0.3 is 21.3 Å². The predicted molar refractivity (Wildman–Crippen MR) is 153 cm³/mol. The lowest BCUT2D eigenvalue weighted by Gasteiger charge is -2.14. The van der Waals surface area contributed by atoms with Gasteiger partial charge in [0.15, 0.2) is 0 Å². The second kappa shape index (κ2) is 11.7. The molecular weight excluding hydrogens is 516 g/mol. The van der Waals surface area contributed by atoms with Gasteiger partial charge in [0.25, 0.3) is 11.4 Å². The smallest absolute Gasteiger partial charge is 0.308 e. The highest BCUT2D eigenvalue weighted by atomic mass is 16.6. The molecule has 12 heteroatoms. The van der Waals surface area contributed by atoms with Crippen LogP contribution in [0.1, 0.15) is 11.1 Å². The first kappa shape index (κ1) is 27.3. The molecule has 40 heavy (non-hydrogen) atoms. The summed E-state index contributed by atoms with van der Waals surface area (Å²) in [4.78, 5) is 45.4. The Labute approximate surface area is 228 Å². The van der Waals surface area contributed by atoms with Crippen LogP contribution in [0, 0.1) is 34.1 Å². The molecule has 0 fully saturated rings.